The number of halogens is 3. The number of hydrogen-bond donors (Lipinski definition) is 1. The van der Waals surface area contributed by atoms with E-state index in [-0.39, 0.29) is 24.4 Å². The van der Waals surface area contributed by atoms with Crippen molar-refractivity contribution < 1.29 is 18.0 Å². The van der Waals surface area contributed by atoms with Crippen LogP contribution in [0.25, 0.3) is 0 Å². The van der Waals surface area contributed by atoms with E-state index in [1.165, 1.54) is 4.68 Å². The third-order valence-corrected chi connectivity index (χ3v) is 5.15. The molecule has 1 N–H and O–H groups in total. The maximum Gasteiger partial charge on any atom is 0.435 e. The molecule has 0 aliphatic heterocycles. The molecule has 1 aliphatic carbocycles. The number of aromatic nitrogens is 2. The highest BCUT2D eigenvalue weighted by molar-refractivity contribution is 5.94. The molecule has 0 fully saturated rings. The van der Waals surface area contributed by atoms with Gasteiger partial charge in [0, 0.05) is 23.4 Å². The first-order chi connectivity index (χ1) is 13.1. The maximum absolute atomic E-state index is 13.2. The average molecular weight is 393 g/mol. The van der Waals surface area contributed by atoms with E-state index in [1.807, 2.05) is 12.1 Å². The Morgan fingerprint density at radius 2 is 1.75 bits per heavy atom. The van der Waals surface area contributed by atoms with Gasteiger partial charge in [0.1, 0.15) is 0 Å². The minimum atomic E-state index is -4.44. The summed E-state index contributed by atoms with van der Waals surface area (Å²) in [6, 6.07) is 7.39. The van der Waals surface area contributed by atoms with E-state index < -0.39 is 11.9 Å². The fourth-order valence-corrected chi connectivity index (χ4v) is 3.58. The number of benzene rings is 1. The predicted molar refractivity (Wildman–Crippen MR) is 101 cm³/mol. The molecule has 4 nitrogen and oxygen atoms in total. The van der Waals surface area contributed by atoms with Gasteiger partial charge in [0.05, 0.1) is 6.54 Å². The summed E-state index contributed by atoms with van der Waals surface area (Å²) in [5.74, 6) is -0.238. The van der Waals surface area contributed by atoms with E-state index in [0.717, 1.165) is 18.4 Å². The third kappa shape index (κ3) is 4.39. The van der Waals surface area contributed by atoms with Crippen molar-refractivity contribution in [2.75, 3.05) is 6.54 Å². The Morgan fingerprint density at radius 1 is 1.11 bits per heavy atom. The van der Waals surface area contributed by atoms with Crippen LogP contribution in [-0.4, -0.2) is 22.2 Å². The van der Waals surface area contributed by atoms with E-state index in [1.54, 1.807) is 12.1 Å². The number of rotatable bonds is 4. The minimum absolute atomic E-state index is 0.00435. The highest BCUT2D eigenvalue weighted by atomic mass is 19.4. The molecule has 1 amide bonds. The molecule has 0 bridgehead atoms. The molecule has 2 aromatic rings. The summed E-state index contributed by atoms with van der Waals surface area (Å²) in [7, 11) is 0. The first-order valence-corrected chi connectivity index (χ1v) is 9.62. The number of amides is 1. The Balaban J connectivity index is 1.65. The van der Waals surface area contributed by atoms with Crippen LogP contribution >= 0.6 is 0 Å². The van der Waals surface area contributed by atoms with Crippen molar-refractivity contribution in [2.24, 2.45) is 0 Å². The molecule has 28 heavy (non-hydrogen) atoms. The smallest absolute Gasteiger partial charge is 0.350 e. The fourth-order valence-electron chi connectivity index (χ4n) is 3.58. The molecule has 3 rings (SSSR count). The Hall–Kier alpha value is -2.31. The Labute approximate surface area is 163 Å². The topological polar surface area (TPSA) is 46.9 Å². The van der Waals surface area contributed by atoms with Gasteiger partial charge >= 0.3 is 6.18 Å². The van der Waals surface area contributed by atoms with E-state index in [2.05, 4.69) is 31.2 Å². The molecule has 0 unspecified atom stereocenters. The van der Waals surface area contributed by atoms with Crippen LogP contribution < -0.4 is 5.32 Å². The lowest BCUT2D eigenvalue weighted by atomic mass is 9.87. The monoisotopic (exact) mass is 393 g/mol. The quantitative estimate of drug-likeness (QED) is 0.831. The second kappa shape index (κ2) is 7.60. The zero-order chi connectivity index (χ0) is 20.5. The Bertz CT molecular complexity index is 846. The van der Waals surface area contributed by atoms with Crippen LogP contribution in [0.15, 0.2) is 24.3 Å². The fraction of sp³-hybridized carbons (Fsp3) is 0.524. The van der Waals surface area contributed by atoms with Crippen molar-refractivity contribution in [3.05, 3.63) is 52.3 Å². The summed E-state index contributed by atoms with van der Waals surface area (Å²) in [6.45, 7) is 6.75. The summed E-state index contributed by atoms with van der Waals surface area (Å²) in [5.41, 5.74) is 1.87. The van der Waals surface area contributed by atoms with Crippen LogP contribution in [0.2, 0.25) is 0 Å². The number of alkyl halides is 3. The molecule has 0 saturated heterocycles. The Kier molecular flexibility index (Phi) is 5.55. The first-order valence-electron chi connectivity index (χ1n) is 9.62. The molecule has 0 radical (unpaired) electrons. The van der Waals surface area contributed by atoms with Crippen molar-refractivity contribution in [3.63, 3.8) is 0 Å². The van der Waals surface area contributed by atoms with Gasteiger partial charge in [-0.1, -0.05) is 32.9 Å². The van der Waals surface area contributed by atoms with Crippen LogP contribution in [0.5, 0.6) is 0 Å². The molecule has 0 saturated carbocycles. The van der Waals surface area contributed by atoms with Gasteiger partial charge in [-0.2, -0.15) is 18.3 Å². The lowest BCUT2D eigenvalue weighted by molar-refractivity contribution is -0.142. The Morgan fingerprint density at radius 3 is 2.36 bits per heavy atom. The first kappa shape index (κ1) is 20.4. The van der Waals surface area contributed by atoms with E-state index in [0.29, 0.717) is 29.7 Å². The molecular weight excluding hydrogens is 367 g/mol. The number of nitrogens with one attached hydrogen (secondary N) is 1. The van der Waals surface area contributed by atoms with Crippen molar-refractivity contribution >= 4 is 5.91 Å². The van der Waals surface area contributed by atoms with Crippen LogP contribution in [0.1, 0.15) is 66.5 Å². The van der Waals surface area contributed by atoms with Gasteiger partial charge in [0.25, 0.3) is 5.91 Å². The molecule has 152 valence electrons. The van der Waals surface area contributed by atoms with Crippen molar-refractivity contribution in [1.82, 2.24) is 15.1 Å². The number of nitrogens with zero attached hydrogens (tertiary/aromatic N) is 2. The van der Waals surface area contributed by atoms with Gasteiger partial charge in [-0.25, -0.2) is 0 Å². The van der Waals surface area contributed by atoms with E-state index in [4.69, 9.17) is 0 Å². The third-order valence-electron chi connectivity index (χ3n) is 5.15. The predicted octanol–water partition coefficient (Wildman–Crippen LogP) is 4.51. The van der Waals surface area contributed by atoms with Gasteiger partial charge < -0.3 is 5.32 Å². The summed E-state index contributed by atoms with van der Waals surface area (Å²) >= 11 is 0. The van der Waals surface area contributed by atoms with E-state index in [9.17, 15) is 18.0 Å². The summed E-state index contributed by atoms with van der Waals surface area (Å²) < 4.78 is 41.1. The molecule has 7 heteroatoms. The molecular formula is C21H26F3N3O. The summed E-state index contributed by atoms with van der Waals surface area (Å²) in [6.07, 6.45) is -1.81. The van der Waals surface area contributed by atoms with Gasteiger partial charge in [-0.15, -0.1) is 0 Å². The van der Waals surface area contributed by atoms with Crippen molar-refractivity contribution in [1.29, 1.82) is 0 Å². The minimum Gasteiger partial charge on any atom is -0.350 e. The lowest BCUT2D eigenvalue weighted by Gasteiger charge is -2.19. The zero-order valence-corrected chi connectivity index (χ0v) is 16.5. The lowest BCUT2D eigenvalue weighted by Crippen LogP contribution is -2.28. The number of fused-ring (bicyclic) bond motifs is 1. The van der Waals surface area contributed by atoms with Gasteiger partial charge in [-0.05, 0) is 48.8 Å². The van der Waals surface area contributed by atoms with Crippen LogP contribution in [0.3, 0.4) is 0 Å². The molecule has 1 aromatic heterocycles. The second-order valence-electron chi connectivity index (χ2n) is 8.29. The normalized spacial score (nSPS) is 14.6. The number of carbonyl (C=O) groups excluding carboxylic acids is 1. The van der Waals surface area contributed by atoms with Crippen LogP contribution in [0.4, 0.5) is 13.2 Å². The van der Waals surface area contributed by atoms with Gasteiger partial charge in [-0.3, -0.25) is 9.48 Å². The van der Waals surface area contributed by atoms with Gasteiger partial charge in [0.2, 0.25) is 0 Å². The van der Waals surface area contributed by atoms with Gasteiger partial charge in [0.15, 0.2) is 5.69 Å². The summed E-state index contributed by atoms with van der Waals surface area (Å²) in [5, 5.41) is 6.59. The standard InChI is InChI=1S/C21H26F3N3O/c1-20(2,3)15-10-8-14(9-11-15)19(28)25-12-13-27-17-7-5-4-6-16(17)18(26-27)21(22,23)24/h8-11H,4-7,12-13H2,1-3H3,(H,25,28). The highest BCUT2D eigenvalue weighted by Gasteiger charge is 2.39. The average Bonchev–Trinajstić information content (AvgIpc) is 3.00. The molecule has 0 spiro atoms. The molecule has 0 atom stereocenters. The summed E-state index contributed by atoms with van der Waals surface area (Å²) in [4.78, 5) is 12.3. The largest absolute Gasteiger partial charge is 0.435 e. The molecule has 1 heterocycles. The van der Waals surface area contributed by atoms with Crippen LogP contribution in [-0.2, 0) is 31.0 Å². The van der Waals surface area contributed by atoms with Crippen molar-refractivity contribution in [3.8, 4) is 0 Å². The zero-order valence-electron chi connectivity index (χ0n) is 16.5. The van der Waals surface area contributed by atoms with Crippen LogP contribution in [0, 0.1) is 0 Å². The number of hydrogen-bond acceptors (Lipinski definition) is 2. The van der Waals surface area contributed by atoms with E-state index >= 15 is 0 Å². The highest BCUT2D eigenvalue weighted by Crippen LogP contribution is 2.35. The molecule has 1 aliphatic rings. The maximum atomic E-state index is 13.2. The SMILES string of the molecule is CC(C)(C)c1ccc(C(=O)NCCn2nc(C(F)(F)F)c3c2CCCC3)cc1. The number of carbonyl (C=O) groups is 1. The molecule has 1 aromatic carbocycles. The second-order valence-corrected chi connectivity index (χ2v) is 8.29. The van der Waals surface area contributed by atoms with Crippen molar-refractivity contribution in [2.45, 2.75) is 64.6 Å².